The highest BCUT2D eigenvalue weighted by molar-refractivity contribution is 5.22. The smallest absolute Gasteiger partial charge is 0.203 e. The summed E-state index contributed by atoms with van der Waals surface area (Å²) in [6, 6.07) is 0. The van der Waals surface area contributed by atoms with Crippen molar-refractivity contribution in [1.29, 1.82) is 0 Å². The fourth-order valence-corrected chi connectivity index (χ4v) is 2.63. The van der Waals surface area contributed by atoms with E-state index >= 15 is 0 Å². The van der Waals surface area contributed by atoms with Crippen LogP contribution in [0, 0.1) is 0 Å². The van der Waals surface area contributed by atoms with Crippen LogP contribution in [-0.2, 0) is 0 Å². The van der Waals surface area contributed by atoms with Crippen LogP contribution in [0.1, 0.15) is 77.6 Å². The van der Waals surface area contributed by atoms with Crippen molar-refractivity contribution in [2.24, 2.45) is 0 Å². The summed E-state index contributed by atoms with van der Waals surface area (Å²) in [4.78, 5) is 0. The molecule has 1 rings (SSSR count). The Morgan fingerprint density at radius 1 is 0.947 bits per heavy atom. The lowest BCUT2D eigenvalue weighted by atomic mass is 9.96. The molecule has 0 aromatic rings. The monoisotopic (exact) mass is 266 g/mol. The highest BCUT2D eigenvalue weighted by Gasteiger charge is 2.19. The molecule has 2 heteroatoms. The Hall–Kier alpha value is -0.600. The molecule has 0 fully saturated rings. The van der Waals surface area contributed by atoms with E-state index in [1.807, 2.05) is 6.08 Å². The molecule has 0 saturated carbocycles. The Balaban J connectivity index is 1.95. The first kappa shape index (κ1) is 16.5. The van der Waals surface area contributed by atoms with Gasteiger partial charge in [0.2, 0.25) is 5.79 Å². The van der Waals surface area contributed by atoms with Gasteiger partial charge in [0.25, 0.3) is 0 Å². The maximum Gasteiger partial charge on any atom is 0.203 e. The normalized spacial score (nSPS) is 17.5. The molecule has 0 unspecified atom stereocenters. The van der Waals surface area contributed by atoms with Crippen molar-refractivity contribution in [3.05, 3.63) is 23.8 Å². The molecule has 0 radical (unpaired) electrons. The van der Waals surface area contributed by atoms with Gasteiger partial charge >= 0.3 is 0 Å². The Labute approximate surface area is 118 Å². The number of aliphatic hydroxyl groups is 2. The highest BCUT2D eigenvalue weighted by atomic mass is 16.5. The molecule has 0 amide bonds. The third-order valence-corrected chi connectivity index (χ3v) is 3.76. The second-order valence-corrected chi connectivity index (χ2v) is 5.77. The number of rotatable bonds is 10. The van der Waals surface area contributed by atoms with Crippen LogP contribution in [0.5, 0.6) is 0 Å². The summed E-state index contributed by atoms with van der Waals surface area (Å²) in [6.07, 6.45) is 18.7. The van der Waals surface area contributed by atoms with Crippen molar-refractivity contribution in [1.82, 2.24) is 0 Å². The molecule has 1 aliphatic carbocycles. The lowest BCUT2D eigenvalue weighted by Crippen LogP contribution is -2.24. The van der Waals surface area contributed by atoms with Crippen LogP contribution in [0.15, 0.2) is 23.8 Å². The zero-order chi connectivity index (χ0) is 14.0. The van der Waals surface area contributed by atoms with E-state index in [0.717, 1.165) is 18.4 Å². The summed E-state index contributed by atoms with van der Waals surface area (Å²) in [5.41, 5.74) is 1.16. The summed E-state index contributed by atoms with van der Waals surface area (Å²) in [6.45, 7) is 2.25. The molecule has 0 aromatic carbocycles. The summed E-state index contributed by atoms with van der Waals surface area (Å²) in [5, 5.41) is 19.0. The van der Waals surface area contributed by atoms with Gasteiger partial charge in [0, 0.05) is 0 Å². The van der Waals surface area contributed by atoms with Gasteiger partial charge in [-0.3, -0.25) is 0 Å². The quantitative estimate of drug-likeness (QED) is 0.348. The van der Waals surface area contributed by atoms with Gasteiger partial charge in [-0.15, -0.1) is 0 Å². The van der Waals surface area contributed by atoms with Gasteiger partial charge in [-0.05, 0) is 31.4 Å². The maximum atomic E-state index is 9.48. The van der Waals surface area contributed by atoms with Gasteiger partial charge in [0.05, 0.1) is 0 Å². The number of unbranched alkanes of at least 4 members (excludes halogenated alkanes) is 8. The van der Waals surface area contributed by atoms with Crippen LogP contribution < -0.4 is 0 Å². The summed E-state index contributed by atoms with van der Waals surface area (Å²) >= 11 is 0. The van der Waals surface area contributed by atoms with Gasteiger partial charge in [-0.2, -0.15) is 0 Å². The Morgan fingerprint density at radius 2 is 1.53 bits per heavy atom. The first-order valence-electron chi connectivity index (χ1n) is 7.97. The molecule has 19 heavy (non-hydrogen) atoms. The minimum Gasteiger partial charge on any atom is -0.359 e. The van der Waals surface area contributed by atoms with Crippen LogP contribution in [0.2, 0.25) is 0 Å². The zero-order valence-corrected chi connectivity index (χ0v) is 12.4. The third kappa shape index (κ3) is 8.22. The van der Waals surface area contributed by atoms with Gasteiger partial charge in [0.15, 0.2) is 0 Å². The van der Waals surface area contributed by atoms with Crippen LogP contribution >= 0.6 is 0 Å². The molecule has 0 atom stereocenters. The summed E-state index contributed by atoms with van der Waals surface area (Å²) < 4.78 is 0. The van der Waals surface area contributed by atoms with E-state index < -0.39 is 5.79 Å². The maximum absolute atomic E-state index is 9.48. The number of hydrogen-bond acceptors (Lipinski definition) is 2. The average Bonchev–Trinajstić information content (AvgIpc) is 2.36. The summed E-state index contributed by atoms with van der Waals surface area (Å²) in [5.74, 6) is -1.70. The fraction of sp³-hybridized carbons (Fsp3) is 0.765. The fourth-order valence-electron chi connectivity index (χ4n) is 2.63. The van der Waals surface area contributed by atoms with E-state index in [-0.39, 0.29) is 0 Å². The van der Waals surface area contributed by atoms with E-state index in [1.54, 1.807) is 6.08 Å². The van der Waals surface area contributed by atoms with Crippen molar-refractivity contribution >= 4 is 0 Å². The van der Waals surface area contributed by atoms with Crippen LogP contribution in [-0.4, -0.2) is 16.0 Å². The minimum absolute atomic E-state index is 0.875. The summed E-state index contributed by atoms with van der Waals surface area (Å²) in [7, 11) is 0. The zero-order valence-electron chi connectivity index (χ0n) is 12.4. The van der Waals surface area contributed by atoms with E-state index in [9.17, 15) is 10.2 Å². The topological polar surface area (TPSA) is 40.5 Å². The molecule has 0 bridgehead atoms. The van der Waals surface area contributed by atoms with Gasteiger partial charge < -0.3 is 10.2 Å². The SMILES string of the molecule is CCCCCCCCCCCC1=CC(O)(O)C=CC1. The molecule has 1 aliphatic rings. The first-order valence-corrected chi connectivity index (χ1v) is 7.97. The second-order valence-electron chi connectivity index (χ2n) is 5.77. The van der Waals surface area contributed by atoms with Gasteiger partial charge in [0.1, 0.15) is 0 Å². The molecule has 0 aliphatic heterocycles. The molecular formula is C17H30O2. The van der Waals surface area contributed by atoms with Crippen molar-refractivity contribution in [2.45, 2.75) is 83.3 Å². The van der Waals surface area contributed by atoms with Crippen molar-refractivity contribution in [3.63, 3.8) is 0 Å². The van der Waals surface area contributed by atoms with Gasteiger partial charge in [-0.25, -0.2) is 0 Å². The molecule has 2 nitrogen and oxygen atoms in total. The molecular weight excluding hydrogens is 236 g/mol. The van der Waals surface area contributed by atoms with E-state index in [4.69, 9.17) is 0 Å². The van der Waals surface area contributed by atoms with Crippen LogP contribution in [0.25, 0.3) is 0 Å². The molecule has 0 heterocycles. The van der Waals surface area contributed by atoms with Crippen molar-refractivity contribution in [3.8, 4) is 0 Å². The lowest BCUT2D eigenvalue weighted by molar-refractivity contribution is -0.0760. The van der Waals surface area contributed by atoms with Crippen LogP contribution in [0.4, 0.5) is 0 Å². The largest absolute Gasteiger partial charge is 0.359 e. The van der Waals surface area contributed by atoms with Crippen molar-refractivity contribution in [2.75, 3.05) is 0 Å². The van der Waals surface area contributed by atoms with Crippen molar-refractivity contribution < 1.29 is 10.2 Å². The minimum atomic E-state index is -1.70. The van der Waals surface area contributed by atoms with E-state index in [1.165, 1.54) is 63.9 Å². The molecule has 2 N–H and O–H groups in total. The molecule has 0 saturated heterocycles. The number of allylic oxidation sites excluding steroid dienone is 2. The standard InChI is InChI=1S/C17H30O2/c1-2-3-4-5-6-7-8-9-10-12-16-13-11-14-17(18,19)15-16/h11,14-15,18-19H,2-10,12-13H2,1H3. The third-order valence-electron chi connectivity index (χ3n) is 3.76. The highest BCUT2D eigenvalue weighted by Crippen LogP contribution is 2.22. The van der Waals surface area contributed by atoms with E-state index in [0.29, 0.717) is 0 Å². The lowest BCUT2D eigenvalue weighted by Gasteiger charge is -2.19. The molecule has 0 aromatic heterocycles. The predicted octanol–water partition coefficient (Wildman–Crippen LogP) is 4.47. The van der Waals surface area contributed by atoms with E-state index in [2.05, 4.69) is 6.92 Å². The molecule has 0 spiro atoms. The Morgan fingerprint density at radius 3 is 2.11 bits per heavy atom. The Bertz CT molecular complexity index is 290. The van der Waals surface area contributed by atoms with Gasteiger partial charge in [-0.1, -0.05) is 69.9 Å². The first-order chi connectivity index (χ1) is 9.14. The van der Waals surface area contributed by atoms with Crippen LogP contribution in [0.3, 0.4) is 0 Å². The predicted molar refractivity (Wildman–Crippen MR) is 80.9 cm³/mol. The number of hydrogen-bond donors (Lipinski definition) is 2. The average molecular weight is 266 g/mol. The second kappa shape index (κ2) is 9.33. The Kier molecular flexibility index (Phi) is 8.08. The molecule has 110 valence electrons.